The zero-order chi connectivity index (χ0) is 20.6. The molecule has 4 rings (SSSR count). The molecule has 0 radical (unpaired) electrons. The summed E-state index contributed by atoms with van der Waals surface area (Å²) in [4.78, 5) is 12.7. The Labute approximate surface area is 162 Å². The molecule has 0 aliphatic rings. The average Bonchev–Trinajstić information content (AvgIpc) is 3.10. The summed E-state index contributed by atoms with van der Waals surface area (Å²) in [6, 6.07) is 12.7. The van der Waals surface area contributed by atoms with Gasteiger partial charge in [0.25, 0.3) is 5.56 Å². The van der Waals surface area contributed by atoms with Crippen molar-refractivity contribution in [2.45, 2.75) is 26.4 Å². The average molecular weight is 403 g/mol. The largest absolute Gasteiger partial charge is 0.573 e. The van der Waals surface area contributed by atoms with E-state index in [0.29, 0.717) is 34.7 Å². The number of nitrogens with zero attached hydrogens (tertiary/aromatic N) is 4. The number of aromatic nitrogens is 4. The highest BCUT2D eigenvalue weighted by Gasteiger charge is 2.31. The summed E-state index contributed by atoms with van der Waals surface area (Å²) in [5, 5.41) is 11.9. The van der Waals surface area contributed by atoms with Gasteiger partial charge in [0.05, 0.1) is 17.4 Å². The van der Waals surface area contributed by atoms with Gasteiger partial charge in [-0.05, 0) is 31.2 Å². The lowest BCUT2D eigenvalue weighted by Gasteiger charge is -2.12. The number of rotatable bonds is 5. The fraction of sp³-hybridized carbons (Fsp3) is 0.211. The highest BCUT2D eigenvalue weighted by Crippen LogP contribution is 2.25. The Kier molecular flexibility index (Phi) is 4.61. The van der Waals surface area contributed by atoms with Gasteiger partial charge in [-0.2, -0.15) is 0 Å². The predicted octanol–water partition coefficient (Wildman–Crippen LogP) is 3.57. The first-order chi connectivity index (χ1) is 13.9. The minimum atomic E-state index is -4.76. The second-order valence-corrected chi connectivity index (χ2v) is 6.25. The van der Waals surface area contributed by atoms with Gasteiger partial charge in [-0.15, -0.1) is 23.4 Å². The monoisotopic (exact) mass is 403 g/mol. The third-order valence-corrected chi connectivity index (χ3v) is 4.41. The maximum absolute atomic E-state index is 12.7. The highest BCUT2D eigenvalue weighted by molar-refractivity contribution is 5.80. The molecule has 150 valence electrons. The first-order valence-corrected chi connectivity index (χ1v) is 8.82. The van der Waals surface area contributed by atoms with Crippen LogP contribution in [-0.2, 0) is 13.1 Å². The van der Waals surface area contributed by atoms with Crippen molar-refractivity contribution in [2.24, 2.45) is 0 Å². The van der Waals surface area contributed by atoms with Crippen LogP contribution in [0.4, 0.5) is 18.9 Å². The number of nitrogens with one attached hydrogen (secondary N) is 1. The summed E-state index contributed by atoms with van der Waals surface area (Å²) in [7, 11) is 0. The zero-order valence-electron chi connectivity index (χ0n) is 15.3. The van der Waals surface area contributed by atoms with Crippen LogP contribution in [0.5, 0.6) is 5.75 Å². The van der Waals surface area contributed by atoms with Crippen LogP contribution in [0.1, 0.15) is 12.7 Å². The molecule has 0 amide bonds. The van der Waals surface area contributed by atoms with Crippen molar-refractivity contribution in [3.63, 3.8) is 0 Å². The number of anilines is 1. The van der Waals surface area contributed by atoms with Crippen molar-refractivity contribution < 1.29 is 17.9 Å². The van der Waals surface area contributed by atoms with Crippen LogP contribution in [0.3, 0.4) is 0 Å². The van der Waals surface area contributed by atoms with E-state index in [-0.39, 0.29) is 17.9 Å². The summed E-state index contributed by atoms with van der Waals surface area (Å²) in [6.07, 6.45) is -4.76. The van der Waals surface area contributed by atoms with Crippen LogP contribution in [-0.4, -0.2) is 25.5 Å². The van der Waals surface area contributed by atoms with E-state index in [9.17, 15) is 18.0 Å². The van der Waals surface area contributed by atoms with Gasteiger partial charge in [0.2, 0.25) is 5.78 Å². The van der Waals surface area contributed by atoms with Crippen molar-refractivity contribution in [3.8, 4) is 5.75 Å². The lowest BCUT2D eigenvalue weighted by Crippen LogP contribution is -2.23. The summed E-state index contributed by atoms with van der Waals surface area (Å²) < 4.78 is 44.5. The third kappa shape index (κ3) is 3.60. The number of ether oxygens (including phenoxy) is 1. The smallest absolute Gasteiger partial charge is 0.406 e. The summed E-state index contributed by atoms with van der Waals surface area (Å²) in [6.45, 7) is 2.45. The number of alkyl halides is 3. The summed E-state index contributed by atoms with van der Waals surface area (Å²) in [5.41, 5.74) is 0.935. The first kappa shape index (κ1) is 18.8. The van der Waals surface area contributed by atoms with Gasteiger partial charge in [-0.3, -0.25) is 13.8 Å². The van der Waals surface area contributed by atoms with Gasteiger partial charge in [0.1, 0.15) is 5.75 Å². The molecule has 0 spiro atoms. The van der Waals surface area contributed by atoms with E-state index in [2.05, 4.69) is 20.3 Å². The normalized spacial score (nSPS) is 11.9. The molecule has 1 N–H and O–H groups in total. The van der Waals surface area contributed by atoms with E-state index >= 15 is 0 Å². The van der Waals surface area contributed by atoms with Gasteiger partial charge in [0, 0.05) is 18.3 Å². The second-order valence-electron chi connectivity index (χ2n) is 6.25. The van der Waals surface area contributed by atoms with E-state index in [4.69, 9.17) is 0 Å². The van der Waals surface area contributed by atoms with Gasteiger partial charge in [-0.1, -0.05) is 18.2 Å². The second kappa shape index (κ2) is 7.12. The molecular weight excluding hydrogens is 387 g/mol. The standard InChI is InChI=1S/C19H16F3N5O2/c1-2-26-17(28)14-8-3-4-9-15(14)27-16(24-25-18(26)27)11-23-12-6-5-7-13(10-12)29-19(20,21)22/h3-10,23H,2,11H2,1H3. The molecule has 0 atom stereocenters. The number of aryl methyl sites for hydroxylation is 1. The van der Waals surface area contributed by atoms with Crippen LogP contribution in [0.25, 0.3) is 16.7 Å². The Morgan fingerprint density at radius 1 is 1.10 bits per heavy atom. The molecule has 0 bridgehead atoms. The summed E-state index contributed by atoms with van der Waals surface area (Å²) >= 11 is 0. The van der Waals surface area contributed by atoms with Crippen molar-refractivity contribution >= 4 is 22.4 Å². The van der Waals surface area contributed by atoms with Crippen LogP contribution < -0.4 is 15.6 Å². The molecular formula is C19H16F3N5O2. The number of benzene rings is 2. The minimum Gasteiger partial charge on any atom is -0.406 e. The van der Waals surface area contributed by atoms with Gasteiger partial charge < -0.3 is 10.1 Å². The fourth-order valence-corrected chi connectivity index (χ4v) is 3.20. The number of para-hydroxylation sites is 1. The third-order valence-electron chi connectivity index (χ3n) is 4.41. The number of hydrogen-bond donors (Lipinski definition) is 1. The van der Waals surface area contributed by atoms with E-state index in [0.717, 1.165) is 0 Å². The molecule has 0 saturated heterocycles. The molecule has 7 nitrogen and oxygen atoms in total. The molecule has 0 fully saturated rings. The van der Waals surface area contributed by atoms with Gasteiger partial charge >= 0.3 is 6.36 Å². The van der Waals surface area contributed by atoms with Crippen LogP contribution in [0, 0.1) is 0 Å². The molecule has 2 aromatic heterocycles. The topological polar surface area (TPSA) is 73.5 Å². The summed E-state index contributed by atoms with van der Waals surface area (Å²) in [5.74, 6) is 0.599. The van der Waals surface area contributed by atoms with Crippen molar-refractivity contribution in [1.29, 1.82) is 0 Å². The Bertz CT molecular complexity index is 1250. The molecule has 0 saturated carbocycles. The van der Waals surface area contributed by atoms with Crippen molar-refractivity contribution in [3.05, 3.63) is 64.7 Å². The molecule has 0 aliphatic heterocycles. The van der Waals surface area contributed by atoms with Crippen molar-refractivity contribution in [1.82, 2.24) is 19.2 Å². The number of hydrogen-bond acceptors (Lipinski definition) is 5. The van der Waals surface area contributed by atoms with E-state index in [1.54, 1.807) is 28.7 Å². The predicted molar refractivity (Wildman–Crippen MR) is 101 cm³/mol. The molecule has 2 aromatic carbocycles. The zero-order valence-corrected chi connectivity index (χ0v) is 15.3. The van der Waals surface area contributed by atoms with Gasteiger partial charge in [-0.25, -0.2) is 0 Å². The number of halogens is 3. The van der Waals surface area contributed by atoms with E-state index in [1.165, 1.54) is 22.8 Å². The molecule has 29 heavy (non-hydrogen) atoms. The lowest BCUT2D eigenvalue weighted by atomic mass is 10.2. The lowest BCUT2D eigenvalue weighted by molar-refractivity contribution is -0.274. The maximum Gasteiger partial charge on any atom is 0.573 e. The minimum absolute atomic E-state index is 0.153. The highest BCUT2D eigenvalue weighted by atomic mass is 19.4. The van der Waals surface area contributed by atoms with E-state index < -0.39 is 6.36 Å². The molecule has 10 heteroatoms. The van der Waals surface area contributed by atoms with Crippen LogP contribution in [0.2, 0.25) is 0 Å². The molecule has 2 heterocycles. The fourth-order valence-electron chi connectivity index (χ4n) is 3.20. The van der Waals surface area contributed by atoms with Crippen LogP contribution in [0.15, 0.2) is 53.3 Å². The Morgan fingerprint density at radius 2 is 1.90 bits per heavy atom. The molecule has 4 aromatic rings. The van der Waals surface area contributed by atoms with Crippen molar-refractivity contribution in [2.75, 3.05) is 5.32 Å². The SMILES string of the molecule is CCn1c(=O)c2ccccc2n2c(CNc3cccc(OC(F)(F)F)c3)nnc12. The number of fused-ring (bicyclic) bond motifs is 3. The molecule has 0 aliphatic carbocycles. The van der Waals surface area contributed by atoms with Gasteiger partial charge in [0.15, 0.2) is 5.82 Å². The van der Waals surface area contributed by atoms with E-state index in [1.807, 2.05) is 13.0 Å². The Balaban J connectivity index is 1.71. The first-order valence-electron chi connectivity index (χ1n) is 8.82. The van der Waals surface area contributed by atoms with Crippen LogP contribution >= 0.6 is 0 Å². The Hall–Kier alpha value is -3.56. The molecule has 0 unspecified atom stereocenters. The quantitative estimate of drug-likeness (QED) is 0.552. The maximum atomic E-state index is 12.7. The Morgan fingerprint density at radius 3 is 2.66 bits per heavy atom.